The highest BCUT2D eigenvalue weighted by Crippen LogP contribution is 2.30. The van der Waals surface area contributed by atoms with Crippen LogP contribution in [0.5, 0.6) is 5.75 Å². The van der Waals surface area contributed by atoms with E-state index in [9.17, 15) is 18.0 Å². The van der Waals surface area contributed by atoms with E-state index < -0.39 is 34.1 Å². The van der Waals surface area contributed by atoms with Crippen LogP contribution in [0, 0.1) is 13.8 Å². The maximum absolute atomic E-state index is 14.1. The van der Waals surface area contributed by atoms with Crippen LogP contribution in [-0.2, 0) is 26.2 Å². The Hall–Kier alpha value is -3.56. The highest BCUT2D eigenvalue weighted by Gasteiger charge is 2.34. The minimum absolute atomic E-state index is 0.0353. The normalized spacial score (nSPS) is 12.4. The molecule has 0 aromatic heterocycles. The molecule has 3 rings (SSSR count). The summed E-state index contributed by atoms with van der Waals surface area (Å²) >= 11 is 6.28. The van der Waals surface area contributed by atoms with E-state index in [0.717, 1.165) is 15.4 Å². The van der Waals surface area contributed by atoms with Crippen molar-refractivity contribution in [1.82, 2.24) is 10.2 Å². The van der Waals surface area contributed by atoms with Crippen LogP contribution < -0.4 is 14.4 Å². The average Bonchev–Trinajstić information content (AvgIpc) is 2.90. The van der Waals surface area contributed by atoms with E-state index >= 15 is 0 Å². The zero-order valence-electron chi connectivity index (χ0n) is 24.6. The number of carbonyl (C=O) groups is 2. The van der Waals surface area contributed by atoms with Crippen LogP contribution in [-0.4, -0.2) is 50.4 Å². The second-order valence-corrected chi connectivity index (χ2v) is 13.3. The standard InChI is InChI=1S/C31H38ClN3O5S/c1-21-11-15-27(16-12-21)41(38,39)35(28-18-25(32)14-13-22(28)2)20-29(36)34(23(3)30(37)33-31(4,5)6)19-24-9-8-10-26(17-24)40-7/h8-18,23H,19-20H2,1-7H3,(H,33,37)/t23-/m1/s1. The number of sulfonamides is 1. The Kier molecular flexibility index (Phi) is 10.1. The number of nitrogens with one attached hydrogen (secondary N) is 1. The summed E-state index contributed by atoms with van der Waals surface area (Å²) in [4.78, 5) is 28.8. The molecule has 41 heavy (non-hydrogen) atoms. The van der Waals surface area contributed by atoms with Gasteiger partial charge in [0.05, 0.1) is 17.7 Å². The molecule has 10 heteroatoms. The lowest BCUT2D eigenvalue weighted by Gasteiger charge is -2.34. The van der Waals surface area contributed by atoms with Crippen molar-refractivity contribution in [2.24, 2.45) is 0 Å². The number of carbonyl (C=O) groups excluding carboxylic acids is 2. The molecule has 0 saturated heterocycles. The van der Waals surface area contributed by atoms with E-state index in [1.54, 1.807) is 63.4 Å². The van der Waals surface area contributed by atoms with E-state index in [0.29, 0.717) is 16.3 Å². The molecule has 0 spiro atoms. The van der Waals surface area contributed by atoms with Crippen molar-refractivity contribution in [2.45, 2.75) is 64.6 Å². The summed E-state index contributed by atoms with van der Waals surface area (Å²) in [6.45, 7) is 10.3. The topological polar surface area (TPSA) is 96.0 Å². The Labute approximate surface area is 248 Å². The molecule has 0 aliphatic rings. The average molecular weight is 600 g/mol. The van der Waals surface area contributed by atoms with Crippen molar-refractivity contribution in [1.29, 1.82) is 0 Å². The molecule has 2 amide bonds. The number of benzene rings is 3. The zero-order valence-corrected chi connectivity index (χ0v) is 26.1. The first kappa shape index (κ1) is 32.0. The number of nitrogens with zero attached hydrogens (tertiary/aromatic N) is 2. The predicted molar refractivity (Wildman–Crippen MR) is 163 cm³/mol. The lowest BCUT2D eigenvalue weighted by molar-refractivity contribution is -0.140. The molecule has 1 N–H and O–H groups in total. The third-order valence-electron chi connectivity index (χ3n) is 6.48. The molecule has 1 atom stereocenters. The second kappa shape index (κ2) is 13.0. The number of aryl methyl sites for hydroxylation is 2. The van der Waals surface area contributed by atoms with Crippen LogP contribution in [0.3, 0.4) is 0 Å². The molecular formula is C31H38ClN3O5S. The molecule has 220 valence electrons. The SMILES string of the molecule is COc1cccc(CN(C(=O)CN(c2cc(Cl)ccc2C)S(=O)(=O)c2ccc(C)cc2)[C@H](C)C(=O)NC(C)(C)C)c1. The Morgan fingerprint density at radius 1 is 1.00 bits per heavy atom. The largest absolute Gasteiger partial charge is 0.497 e. The monoisotopic (exact) mass is 599 g/mol. The molecule has 8 nitrogen and oxygen atoms in total. The van der Waals surface area contributed by atoms with Gasteiger partial charge in [-0.15, -0.1) is 0 Å². The van der Waals surface area contributed by atoms with Crippen molar-refractivity contribution in [3.63, 3.8) is 0 Å². The third kappa shape index (κ3) is 8.24. The van der Waals surface area contributed by atoms with Crippen molar-refractivity contribution >= 4 is 39.1 Å². The second-order valence-electron chi connectivity index (χ2n) is 11.0. The van der Waals surface area contributed by atoms with Gasteiger partial charge in [-0.05, 0) is 89.1 Å². The van der Waals surface area contributed by atoms with Gasteiger partial charge in [-0.1, -0.05) is 47.5 Å². The fourth-order valence-electron chi connectivity index (χ4n) is 4.23. The first-order valence-corrected chi connectivity index (χ1v) is 15.0. The zero-order chi connectivity index (χ0) is 30.5. The highest BCUT2D eigenvalue weighted by atomic mass is 35.5. The van der Waals surface area contributed by atoms with Crippen molar-refractivity contribution in [3.8, 4) is 5.75 Å². The molecule has 0 heterocycles. The van der Waals surface area contributed by atoms with Gasteiger partial charge in [0.15, 0.2) is 0 Å². The minimum Gasteiger partial charge on any atom is -0.497 e. The van der Waals surface area contributed by atoms with Gasteiger partial charge in [-0.2, -0.15) is 0 Å². The van der Waals surface area contributed by atoms with Gasteiger partial charge in [-0.25, -0.2) is 8.42 Å². The predicted octanol–water partition coefficient (Wildman–Crippen LogP) is 5.49. The Morgan fingerprint density at radius 3 is 2.27 bits per heavy atom. The maximum atomic E-state index is 14.1. The molecule has 3 aromatic carbocycles. The Balaban J connectivity index is 2.09. The van der Waals surface area contributed by atoms with Gasteiger partial charge < -0.3 is 15.0 Å². The van der Waals surface area contributed by atoms with Crippen molar-refractivity contribution in [3.05, 3.63) is 88.4 Å². The number of ether oxygens (including phenoxy) is 1. The van der Waals surface area contributed by atoms with Crippen LogP contribution in [0.1, 0.15) is 44.4 Å². The van der Waals surface area contributed by atoms with Gasteiger partial charge in [-0.3, -0.25) is 13.9 Å². The van der Waals surface area contributed by atoms with Gasteiger partial charge >= 0.3 is 0 Å². The molecule has 0 aliphatic heterocycles. The first-order chi connectivity index (χ1) is 19.1. The molecule has 0 fully saturated rings. The first-order valence-electron chi connectivity index (χ1n) is 13.2. The summed E-state index contributed by atoms with van der Waals surface area (Å²) in [6, 6.07) is 17.6. The van der Waals surface area contributed by atoms with Gasteiger partial charge in [0.2, 0.25) is 11.8 Å². The molecular weight excluding hydrogens is 562 g/mol. The molecule has 0 saturated carbocycles. The number of amides is 2. The van der Waals surface area contributed by atoms with Crippen molar-refractivity contribution in [2.75, 3.05) is 18.0 Å². The van der Waals surface area contributed by atoms with Crippen LogP contribution in [0.2, 0.25) is 5.02 Å². The summed E-state index contributed by atoms with van der Waals surface area (Å²) < 4.78 is 34.4. The number of halogens is 1. The van der Waals surface area contributed by atoms with E-state index in [-0.39, 0.29) is 23.0 Å². The molecule has 3 aromatic rings. The minimum atomic E-state index is -4.19. The summed E-state index contributed by atoms with van der Waals surface area (Å²) in [5.74, 6) is -0.320. The number of rotatable bonds is 10. The van der Waals surface area contributed by atoms with Crippen LogP contribution in [0.25, 0.3) is 0 Å². The number of anilines is 1. The summed E-state index contributed by atoms with van der Waals surface area (Å²) in [5, 5.41) is 3.25. The summed E-state index contributed by atoms with van der Waals surface area (Å²) in [5.41, 5.74) is 1.98. The lowest BCUT2D eigenvalue weighted by atomic mass is 10.1. The maximum Gasteiger partial charge on any atom is 0.264 e. The fraction of sp³-hybridized carbons (Fsp3) is 0.355. The molecule has 0 unspecified atom stereocenters. The Morgan fingerprint density at radius 2 is 1.66 bits per heavy atom. The van der Waals surface area contributed by atoms with Gasteiger partial charge in [0.1, 0.15) is 18.3 Å². The number of methoxy groups -OCH3 is 1. The fourth-order valence-corrected chi connectivity index (χ4v) is 5.86. The number of hydrogen-bond acceptors (Lipinski definition) is 5. The lowest BCUT2D eigenvalue weighted by Crippen LogP contribution is -2.54. The number of hydrogen-bond donors (Lipinski definition) is 1. The summed E-state index contributed by atoms with van der Waals surface area (Å²) in [7, 11) is -2.65. The van der Waals surface area contributed by atoms with Gasteiger partial charge in [0, 0.05) is 17.1 Å². The van der Waals surface area contributed by atoms with Crippen molar-refractivity contribution < 1.29 is 22.7 Å². The van der Waals surface area contributed by atoms with Gasteiger partial charge in [0.25, 0.3) is 10.0 Å². The molecule has 0 bridgehead atoms. The van der Waals surface area contributed by atoms with E-state index in [4.69, 9.17) is 16.3 Å². The summed E-state index contributed by atoms with van der Waals surface area (Å²) in [6.07, 6.45) is 0. The third-order valence-corrected chi connectivity index (χ3v) is 8.49. The van der Waals surface area contributed by atoms with E-state index in [2.05, 4.69) is 5.32 Å². The molecule has 0 aliphatic carbocycles. The quantitative estimate of drug-likeness (QED) is 0.332. The van der Waals surface area contributed by atoms with E-state index in [1.807, 2.05) is 33.8 Å². The van der Waals surface area contributed by atoms with Crippen LogP contribution >= 0.6 is 11.6 Å². The molecule has 0 radical (unpaired) electrons. The highest BCUT2D eigenvalue weighted by molar-refractivity contribution is 7.92. The van der Waals surface area contributed by atoms with E-state index in [1.165, 1.54) is 23.1 Å². The van der Waals surface area contributed by atoms with Crippen LogP contribution in [0.4, 0.5) is 5.69 Å². The van der Waals surface area contributed by atoms with Crippen LogP contribution in [0.15, 0.2) is 71.6 Å². The smallest absolute Gasteiger partial charge is 0.264 e. The Bertz CT molecular complexity index is 1500.